The largest absolute Gasteiger partial charge is 0.350 e. The lowest BCUT2D eigenvalue weighted by Crippen LogP contribution is -2.57. The fraction of sp³-hybridized carbons (Fsp3) is 0.367. The summed E-state index contributed by atoms with van der Waals surface area (Å²) in [5.74, 6) is -2.27. The maximum absolute atomic E-state index is 14.5. The molecule has 1 fully saturated rings. The average Bonchev–Trinajstić information content (AvgIpc) is 3.59. The Hall–Kier alpha value is -3.92. The number of benzene rings is 2. The van der Waals surface area contributed by atoms with Crippen molar-refractivity contribution in [2.75, 3.05) is 6.54 Å². The third kappa shape index (κ3) is 6.44. The Bertz CT molecular complexity index is 1410. The highest BCUT2D eigenvalue weighted by Crippen LogP contribution is 2.28. The number of rotatable bonds is 8. The molecule has 2 heterocycles. The molecule has 210 valence electrons. The molecule has 4 rings (SSSR count). The van der Waals surface area contributed by atoms with Crippen molar-refractivity contribution in [3.8, 4) is 10.4 Å². The van der Waals surface area contributed by atoms with Crippen LogP contribution in [-0.2, 0) is 16.1 Å². The lowest BCUT2D eigenvalue weighted by atomic mass is 9.85. The molecular formula is C30H33FN4O4S. The standard InChI is InChI=1S/C30H33FN4O4S/c1-18-25(40-17-33-18)21-10-7-19(8-11-21)15-32-28(38)24-6-5-13-35(24)29(39)26(30(2,3)4)34-27(37)22-12-9-20(16-36)14-23(22)31/h7-12,14,16-17,24,26H,5-6,13,15H2,1-4H3,(H,32,38)(H,34,37)/t24?,26-/m1/s1. The number of nitrogens with zero attached hydrogens (tertiary/aromatic N) is 2. The summed E-state index contributed by atoms with van der Waals surface area (Å²) in [5, 5.41) is 5.62. The second-order valence-electron chi connectivity index (χ2n) is 11.0. The monoisotopic (exact) mass is 564 g/mol. The van der Waals surface area contributed by atoms with Gasteiger partial charge in [0, 0.05) is 18.7 Å². The minimum atomic E-state index is -0.999. The van der Waals surface area contributed by atoms with E-state index in [1.54, 1.807) is 32.1 Å². The van der Waals surface area contributed by atoms with Gasteiger partial charge in [-0.25, -0.2) is 9.37 Å². The summed E-state index contributed by atoms with van der Waals surface area (Å²) in [5.41, 5.74) is 3.91. The maximum atomic E-state index is 14.5. The van der Waals surface area contributed by atoms with Gasteiger partial charge in [0.15, 0.2) is 0 Å². The zero-order valence-electron chi connectivity index (χ0n) is 23.0. The highest BCUT2D eigenvalue weighted by Gasteiger charge is 2.42. The predicted molar refractivity (Wildman–Crippen MR) is 151 cm³/mol. The Labute approximate surface area is 237 Å². The molecule has 2 aromatic carbocycles. The van der Waals surface area contributed by atoms with Crippen molar-refractivity contribution in [3.05, 3.63) is 76.2 Å². The Morgan fingerprint density at radius 3 is 2.50 bits per heavy atom. The molecule has 8 nitrogen and oxygen atoms in total. The molecule has 3 amide bonds. The highest BCUT2D eigenvalue weighted by molar-refractivity contribution is 7.13. The van der Waals surface area contributed by atoms with E-state index in [1.807, 2.05) is 36.7 Å². The van der Waals surface area contributed by atoms with E-state index in [1.165, 1.54) is 17.0 Å². The van der Waals surface area contributed by atoms with Crippen LogP contribution in [0.4, 0.5) is 4.39 Å². The highest BCUT2D eigenvalue weighted by atomic mass is 32.1. The molecular weight excluding hydrogens is 531 g/mol. The van der Waals surface area contributed by atoms with Crippen molar-refractivity contribution in [2.24, 2.45) is 5.41 Å². The Balaban J connectivity index is 1.42. The number of amides is 3. The molecule has 10 heteroatoms. The van der Waals surface area contributed by atoms with Crippen LogP contribution in [0.1, 0.15) is 65.6 Å². The Morgan fingerprint density at radius 2 is 1.90 bits per heavy atom. The molecule has 1 aliphatic rings. The van der Waals surface area contributed by atoms with E-state index in [-0.39, 0.29) is 17.0 Å². The third-order valence-corrected chi connectivity index (χ3v) is 8.01. The number of likely N-dealkylation sites (tertiary alicyclic amines) is 1. The van der Waals surface area contributed by atoms with Crippen LogP contribution in [0.2, 0.25) is 0 Å². The summed E-state index contributed by atoms with van der Waals surface area (Å²) in [6.45, 7) is 8.05. The molecule has 1 aliphatic heterocycles. The van der Waals surface area contributed by atoms with Crippen LogP contribution in [-0.4, -0.2) is 52.5 Å². The van der Waals surface area contributed by atoms with Crippen molar-refractivity contribution in [1.82, 2.24) is 20.5 Å². The van der Waals surface area contributed by atoms with Crippen LogP contribution < -0.4 is 10.6 Å². The number of thiazole rings is 1. The smallest absolute Gasteiger partial charge is 0.254 e. The number of hydrogen-bond donors (Lipinski definition) is 2. The van der Waals surface area contributed by atoms with E-state index in [2.05, 4.69) is 15.6 Å². The van der Waals surface area contributed by atoms with Crippen molar-refractivity contribution in [2.45, 2.75) is 59.2 Å². The van der Waals surface area contributed by atoms with Crippen molar-refractivity contribution in [3.63, 3.8) is 0 Å². The van der Waals surface area contributed by atoms with E-state index >= 15 is 0 Å². The van der Waals surface area contributed by atoms with Crippen molar-refractivity contribution >= 4 is 35.3 Å². The second kappa shape index (κ2) is 12.1. The third-order valence-electron chi connectivity index (χ3n) is 7.03. The first kappa shape index (κ1) is 29.1. The van der Waals surface area contributed by atoms with Gasteiger partial charge in [0.05, 0.1) is 21.6 Å². The second-order valence-corrected chi connectivity index (χ2v) is 11.9. The molecule has 0 aliphatic carbocycles. The Morgan fingerprint density at radius 1 is 1.18 bits per heavy atom. The minimum absolute atomic E-state index is 0.106. The molecule has 1 saturated heterocycles. The van der Waals surface area contributed by atoms with Gasteiger partial charge in [-0.1, -0.05) is 51.1 Å². The summed E-state index contributed by atoms with van der Waals surface area (Å²) in [6.07, 6.45) is 1.65. The van der Waals surface area contributed by atoms with Gasteiger partial charge in [-0.2, -0.15) is 0 Å². The zero-order valence-corrected chi connectivity index (χ0v) is 23.8. The predicted octanol–water partition coefficient (Wildman–Crippen LogP) is 4.52. The zero-order chi connectivity index (χ0) is 29.0. The van der Waals surface area contributed by atoms with E-state index in [0.717, 1.165) is 27.8 Å². The normalized spacial score (nSPS) is 15.9. The van der Waals surface area contributed by atoms with Crippen LogP contribution in [0.5, 0.6) is 0 Å². The average molecular weight is 565 g/mol. The Kier molecular flexibility index (Phi) is 8.78. The molecule has 1 aromatic heterocycles. The molecule has 2 N–H and O–H groups in total. The number of aromatic nitrogens is 1. The van der Waals surface area contributed by atoms with E-state index in [0.29, 0.717) is 32.2 Å². The summed E-state index contributed by atoms with van der Waals surface area (Å²) in [4.78, 5) is 57.6. The SMILES string of the molecule is Cc1ncsc1-c1ccc(CNC(=O)C2CCCN2C(=O)[C@@H](NC(=O)c2ccc(C=O)cc2F)C(C)(C)C)cc1. The number of aryl methyl sites for hydroxylation is 1. The first-order valence-electron chi connectivity index (χ1n) is 13.1. The minimum Gasteiger partial charge on any atom is -0.350 e. The molecule has 0 bridgehead atoms. The summed E-state index contributed by atoms with van der Waals surface area (Å²) in [7, 11) is 0. The van der Waals surface area contributed by atoms with E-state index in [4.69, 9.17) is 0 Å². The van der Waals surface area contributed by atoms with Gasteiger partial charge in [-0.15, -0.1) is 11.3 Å². The lowest BCUT2D eigenvalue weighted by Gasteiger charge is -2.35. The van der Waals surface area contributed by atoms with Gasteiger partial charge in [-0.3, -0.25) is 19.2 Å². The van der Waals surface area contributed by atoms with Gasteiger partial charge in [0.2, 0.25) is 11.8 Å². The molecule has 40 heavy (non-hydrogen) atoms. The van der Waals surface area contributed by atoms with Gasteiger partial charge in [0.25, 0.3) is 5.91 Å². The van der Waals surface area contributed by atoms with E-state index < -0.39 is 35.1 Å². The lowest BCUT2D eigenvalue weighted by molar-refractivity contribution is -0.141. The number of hydrogen-bond acceptors (Lipinski definition) is 6. The molecule has 3 aromatic rings. The van der Waals surface area contributed by atoms with Gasteiger partial charge in [-0.05, 0) is 48.4 Å². The topological polar surface area (TPSA) is 108 Å². The first-order chi connectivity index (χ1) is 19.0. The summed E-state index contributed by atoms with van der Waals surface area (Å²) < 4.78 is 14.5. The first-order valence-corrected chi connectivity index (χ1v) is 14.0. The van der Waals surface area contributed by atoms with Gasteiger partial charge < -0.3 is 15.5 Å². The van der Waals surface area contributed by atoms with Crippen LogP contribution in [0, 0.1) is 18.2 Å². The molecule has 0 spiro atoms. The van der Waals surface area contributed by atoms with Crippen LogP contribution in [0.25, 0.3) is 10.4 Å². The maximum Gasteiger partial charge on any atom is 0.254 e. The van der Waals surface area contributed by atoms with Crippen LogP contribution in [0.3, 0.4) is 0 Å². The molecule has 0 radical (unpaired) electrons. The van der Waals surface area contributed by atoms with Crippen LogP contribution in [0.15, 0.2) is 48.0 Å². The fourth-order valence-corrected chi connectivity index (χ4v) is 5.59. The van der Waals surface area contributed by atoms with E-state index in [9.17, 15) is 23.6 Å². The van der Waals surface area contributed by atoms with Gasteiger partial charge >= 0.3 is 0 Å². The number of halogens is 1. The quantitative estimate of drug-likeness (QED) is 0.391. The summed E-state index contributed by atoms with van der Waals surface area (Å²) in [6, 6.07) is 9.78. The van der Waals surface area contributed by atoms with Crippen molar-refractivity contribution in [1.29, 1.82) is 0 Å². The molecule has 1 unspecified atom stereocenters. The van der Waals surface area contributed by atoms with Gasteiger partial charge in [0.1, 0.15) is 24.2 Å². The number of carbonyl (C=O) groups is 4. The number of carbonyl (C=O) groups excluding carboxylic acids is 4. The summed E-state index contributed by atoms with van der Waals surface area (Å²) >= 11 is 1.58. The number of aldehydes is 1. The molecule has 0 saturated carbocycles. The molecule has 2 atom stereocenters. The number of nitrogens with one attached hydrogen (secondary N) is 2. The van der Waals surface area contributed by atoms with Crippen molar-refractivity contribution < 1.29 is 23.6 Å². The van der Waals surface area contributed by atoms with Crippen LogP contribution >= 0.6 is 11.3 Å². The fourth-order valence-electron chi connectivity index (χ4n) is 4.78.